The molecule has 0 N–H and O–H groups in total. The molecule has 3 nitrogen and oxygen atoms in total. The second-order valence-electron chi connectivity index (χ2n) is 4.17. The number of benzene rings is 1. The first-order chi connectivity index (χ1) is 9.72. The fourth-order valence-electron chi connectivity index (χ4n) is 1.94. The third kappa shape index (κ3) is 2.07. The second kappa shape index (κ2) is 5.04. The van der Waals surface area contributed by atoms with Crippen LogP contribution in [0.1, 0.15) is 15.9 Å². The average Bonchev–Trinajstić information content (AvgIpc) is 2.93. The van der Waals surface area contributed by atoms with Crippen LogP contribution in [0.3, 0.4) is 0 Å². The Morgan fingerprint density at radius 2 is 2.20 bits per heavy atom. The Balaban J connectivity index is 2.20. The summed E-state index contributed by atoms with van der Waals surface area (Å²) in [7, 11) is 0. The molecule has 0 fully saturated rings. The molecule has 3 aromatic rings. The minimum Gasteiger partial charge on any atom is -0.298 e. The smallest absolute Gasteiger partial charge is 0.150 e. The number of aromatic nitrogens is 1. The lowest BCUT2D eigenvalue weighted by Crippen LogP contribution is -1.80. The minimum absolute atomic E-state index is 0.366. The predicted octanol–water partition coefficient (Wildman–Crippen LogP) is 4.30. The van der Waals surface area contributed by atoms with Crippen LogP contribution in [-0.2, 0) is 0 Å². The molecule has 0 aliphatic carbocycles. The molecule has 0 spiro atoms. The lowest BCUT2D eigenvalue weighted by molar-refractivity contribution is 0.112. The molecule has 3 rings (SSSR count). The maximum Gasteiger partial charge on any atom is 0.150 e. The van der Waals surface area contributed by atoms with Gasteiger partial charge in [0.1, 0.15) is 17.2 Å². The van der Waals surface area contributed by atoms with Gasteiger partial charge in [0.2, 0.25) is 0 Å². The van der Waals surface area contributed by atoms with Crippen molar-refractivity contribution in [2.45, 2.75) is 0 Å². The van der Waals surface area contributed by atoms with E-state index in [1.807, 2.05) is 30.3 Å². The van der Waals surface area contributed by atoms with Crippen molar-refractivity contribution in [1.29, 1.82) is 5.26 Å². The summed E-state index contributed by atoms with van der Waals surface area (Å²) in [6, 6.07) is 11.3. The van der Waals surface area contributed by atoms with E-state index in [1.165, 1.54) is 17.5 Å². The number of hydrogen-bond donors (Lipinski definition) is 0. The summed E-state index contributed by atoms with van der Waals surface area (Å²) in [5, 5.41) is 10.1. The van der Waals surface area contributed by atoms with Crippen molar-refractivity contribution < 1.29 is 4.79 Å². The normalized spacial score (nSPS) is 10.4. The van der Waals surface area contributed by atoms with Crippen molar-refractivity contribution in [3.63, 3.8) is 0 Å². The van der Waals surface area contributed by atoms with Crippen molar-refractivity contribution in [2.75, 3.05) is 0 Å². The monoisotopic (exact) mass is 298 g/mol. The summed E-state index contributed by atoms with van der Waals surface area (Å²) in [5.41, 5.74) is 1.93. The van der Waals surface area contributed by atoms with E-state index >= 15 is 0 Å². The van der Waals surface area contributed by atoms with Crippen LogP contribution in [0.15, 0.2) is 36.5 Å². The van der Waals surface area contributed by atoms with Crippen molar-refractivity contribution in [3.8, 4) is 16.5 Å². The molecule has 1 aromatic carbocycles. The van der Waals surface area contributed by atoms with Crippen LogP contribution in [0, 0.1) is 11.3 Å². The third-order valence-corrected chi connectivity index (χ3v) is 4.42. The number of carbonyl (C=O) groups excluding carboxylic acids is 1. The zero-order valence-corrected chi connectivity index (χ0v) is 11.7. The van der Waals surface area contributed by atoms with Gasteiger partial charge in [-0.25, -0.2) is 4.98 Å². The quantitative estimate of drug-likeness (QED) is 0.663. The first-order valence-electron chi connectivity index (χ1n) is 5.76. The van der Waals surface area contributed by atoms with E-state index in [2.05, 4.69) is 4.98 Å². The summed E-state index contributed by atoms with van der Waals surface area (Å²) in [6.45, 7) is 0. The molecule has 96 valence electrons. The lowest BCUT2D eigenvalue weighted by Gasteiger charge is -1.97. The Kier molecular flexibility index (Phi) is 3.23. The number of thiophene rings is 1. The van der Waals surface area contributed by atoms with Gasteiger partial charge in [-0.3, -0.25) is 4.79 Å². The van der Waals surface area contributed by atoms with Crippen LogP contribution >= 0.6 is 22.9 Å². The van der Waals surface area contributed by atoms with E-state index in [4.69, 9.17) is 16.9 Å². The van der Waals surface area contributed by atoms with Gasteiger partial charge in [0.25, 0.3) is 0 Å². The van der Waals surface area contributed by atoms with Crippen LogP contribution in [0.4, 0.5) is 0 Å². The fraction of sp³-hybridized carbons (Fsp3) is 0. The minimum atomic E-state index is 0.366. The summed E-state index contributed by atoms with van der Waals surface area (Å²) < 4.78 is 0. The molecule has 0 amide bonds. The van der Waals surface area contributed by atoms with Gasteiger partial charge < -0.3 is 0 Å². The highest BCUT2D eigenvalue weighted by Gasteiger charge is 2.11. The number of hydrogen-bond acceptors (Lipinski definition) is 4. The molecular weight excluding hydrogens is 292 g/mol. The fourth-order valence-corrected chi connectivity index (χ4v) is 3.24. The molecular formula is C15H7ClN2OS. The standard InChI is InChI=1S/C15H7ClN2OS/c16-14-11(6-17)7-18-15-12(14)5-13(20-15)10-3-1-2-9(4-10)8-19/h1-5,7-8H. The Bertz CT molecular complexity index is 864. The molecule has 0 saturated carbocycles. The van der Waals surface area contributed by atoms with Gasteiger partial charge in [-0.1, -0.05) is 29.8 Å². The molecule has 0 bridgehead atoms. The van der Waals surface area contributed by atoms with Gasteiger partial charge in [-0.2, -0.15) is 5.26 Å². The Labute approximate surface area is 124 Å². The van der Waals surface area contributed by atoms with Crippen LogP contribution in [0.2, 0.25) is 5.02 Å². The molecule has 20 heavy (non-hydrogen) atoms. The largest absolute Gasteiger partial charge is 0.298 e. The van der Waals surface area contributed by atoms with E-state index in [9.17, 15) is 4.79 Å². The van der Waals surface area contributed by atoms with Crippen molar-refractivity contribution in [2.24, 2.45) is 0 Å². The van der Waals surface area contributed by atoms with Crippen molar-refractivity contribution >= 4 is 39.4 Å². The number of halogens is 1. The highest BCUT2D eigenvalue weighted by molar-refractivity contribution is 7.21. The van der Waals surface area contributed by atoms with Gasteiger partial charge in [0.05, 0.1) is 10.6 Å². The molecule has 0 aliphatic rings. The van der Waals surface area contributed by atoms with Crippen molar-refractivity contribution in [1.82, 2.24) is 4.98 Å². The number of nitriles is 1. The number of pyridine rings is 1. The predicted molar refractivity (Wildman–Crippen MR) is 80.2 cm³/mol. The van der Waals surface area contributed by atoms with Crippen LogP contribution in [-0.4, -0.2) is 11.3 Å². The van der Waals surface area contributed by atoms with E-state index in [1.54, 1.807) is 6.07 Å². The van der Waals surface area contributed by atoms with Gasteiger partial charge >= 0.3 is 0 Å². The van der Waals surface area contributed by atoms with Gasteiger partial charge in [0, 0.05) is 22.0 Å². The van der Waals surface area contributed by atoms with Crippen LogP contribution < -0.4 is 0 Å². The highest BCUT2D eigenvalue weighted by Crippen LogP contribution is 2.36. The number of rotatable bonds is 2. The molecule has 0 atom stereocenters. The summed E-state index contributed by atoms with van der Waals surface area (Å²) in [6.07, 6.45) is 2.29. The molecule has 0 radical (unpaired) electrons. The lowest BCUT2D eigenvalue weighted by atomic mass is 10.1. The number of fused-ring (bicyclic) bond motifs is 1. The topological polar surface area (TPSA) is 53.8 Å². The maximum atomic E-state index is 10.8. The zero-order valence-electron chi connectivity index (χ0n) is 10.1. The van der Waals surface area contributed by atoms with Crippen LogP contribution in [0.25, 0.3) is 20.7 Å². The number of carbonyl (C=O) groups is 1. The molecule has 2 heterocycles. The Hall–Kier alpha value is -2.22. The van der Waals surface area contributed by atoms with Gasteiger partial charge in [-0.05, 0) is 17.7 Å². The van der Waals surface area contributed by atoms with E-state index in [-0.39, 0.29) is 0 Å². The number of aldehydes is 1. The summed E-state index contributed by atoms with van der Waals surface area (Å²) in [5.74, 6) is 0. The maximum absolute atomic E-state index is 10.8. The molecule has 0 aliphatic heterocycles. The number of nitrogens with zero attached hydrogens (tertiary/aromatic N) is 2. The molecule has 5 heteroatoms. The zero-order chi connectivity index (χ0) is 14.1. The Morgan fingerprint density at radius 3 is 2.95 bits per heavy atom. The molecule has 0 unspecified atom stereocenters. The molecule has 2 aromatic heterocycles. The van der Waals surface area contributed by atoms with E-state index in [0.717, 1.165) is 26.9 Å². The second-order valence-corrected chi connectivity index (χ2v) is 5.58. The Morgan fingerprint density at radius 1 is 1.35 bits per heavy atom. The van der Waals surface area contributed by atoms with E-state index in [0.29, 0.717) is 16.1 Å². The van der Waals surface area contributed by atoms with Crippen LogP contribution in [0.5, 0.6) is 0 Å². The molecule has 0 saturated heterocycles. The average molecular weight is 299 g/mol. The summed E-state index contributed by atoms with van der Waals surface area (Å²) >= 11 is 7.67. The first-order valence-corrected chi connectivity index (χ1v) is 6.96. The van der Waals surface area contributed by atoms with Crippen molar-refractivity contribution in [3.05, 3.63) is 52.7 Å². The first kappa shape index (κ1) is 12.8. The SMILES string of the molecule is N#Cc1cnc2sc(-c3cccc(C=O)c3)cc2c1Cl. The summed E-state index contributed by atoms with van der Waals surface area (Å²) in [4.78, 5) is 16.8. The van der Waals surface area contributed by atoms with Gasteiger partial charge in [0.15, 0.2) is 0 Å². The highest BCUT2D eigenvalue weighted by atomic mass is 35.5. The third-order valence-electron chi connectivity index (χ3n) is 2.92. The van der Waals surface area contributed by atoms with Gasteiger partial charge in [-0.15, -0.1) is 11.3 Å². The van der Waals surface area contributed by atoms with E-state index < -0.39 is 0 Å².